The highest BCUT2D eigenvalue weighted by Crippen LogP contribution is 2.24. The molecule has 0 amide bonds. The van der Waals surface area contributed by atoms with Crippen molar-refractivity contribution < 1.29 is 0 Å². The summed E-state index contributed by atoms with van der Waals surface area (Å²) < 4.78 is 1.62. The van der Waals surface area contributed by atoms with Gasteiger partial charge in [-0.3, -0.25) is 4.57 Å². The standard InChI is InChI=1S/C17H23N3O/c1-17(2,3)14-8-6-13(7-9-14)15(18-4)12-20-11-5-10-19-16(20)21/h5-11,15,18H,12H2,1-4H3. The molecule has 21 heavy (non-hydrogen) atoms. The molecule has 0 spiro atoms. The maximum absolute atomic E-state index is 11.7. The van der Waals surface area contributed by atoms with E-state index < -0.39 is 0 Å². The lowest BCUT2D eigenvalue weighted by molar-refractivity contribution is 0.484. The summed E-state index contributed by atoms with van der Waals surface area (Å²) in [5.41, 5.74) is 2.40. The number of benzene rings is 1. The Hall–Kier alpha value is -1.94. The van der Waals surface area contributed by atoms with Gasteiger partial charge in [0.15, 0.2) is 0 Å². The minimum Gasteiger partial charge on any atom is -0.312 e. The lowest BCUT2D eigenvalue weighted by atomic mass is 9.86. The van der Waals surface area contributed by atoms with Crippen LogP contribution in [-0.2, 0) is 12.0 Å². The molecule has 1 N–H and O–H groups in total. The third-order valence-electron chi connectivity index (χ3n) is 3.69. The molecule has 0 fully saturated rings. The first-order valence-electron chi connectivity index (χ1n) is 7.21. The van der Waals surface area contributed by atoms with Crippen molar-refractivity contribution in [2.75, 3.05) is 7.05 Å². The molecule has 0 saturated carbocycles. The molecular weight excluding hydrogens is 262 g/mol. The van der Waals surface area contributed by atoms with Crippen LogP contribution in [0.15, 0.2) is 47.5 Å². The maximum Gasteiger partial charge on any atom is 0.347 e. The smallest absolute Gasteiger partial charge is 0.312 e. The van der Waals surface area contributed by atoms with E-state index in [4.69, 9.17) is 0 Å². The molecule has 2 rings (SSSR count). The number of aromatic nitrogens is 2. The fourth-order valence-corrected chi connectivity index (χ4v) is 2.30. The molecule has 0 saturated heterocycles. The topological polar surface area (TPSA) is 46.9 Å². The first-order chi connectivity index (χ1) is 9.91. The van der Waals surface area contributed by atoms with Crippen molar-refractivity contribution in [1.29, 1.82) is 0 Å². The minimum absolute atomic E-state index is 0.0842. The molecule has 4 nitrogen and oxygen atoms in total. The van der Waals surface area contributed by atoms with Crippen LogP contribution in [0.4, 0.5) is 0 Å². The van der Waals surface area contributed by atoms with Gasteiger partial charge in [0.05, 0.1) is 6.04 Å². The average Bonchev–Trinajstić information content (AvgIpc) is 2.46. The summed E-state index contributed by atoms with van der Waals surface area (Å²) in [7, 11) is 1.91. The van der Waals surface area contributed by atoms with Crippen LogP contribution in [0.1, 0.15) is 37.9 Å². The first-order valence-corrected chi connectivity index (χ1v) is 7.21. The van der Waals surface area contributed by atoms with Gasteiger partial charge < -0.3 is 5.32 Å². The van der Waals surface area contributed by atoms with Crippen molar-refractivity contribution in [1.82, 2.24) is 14.9 Å². The second-order valence-electron chi connectivity index (χ2n) is 6.27. The molecule has 1 aromatic heterocycles. The molecule has 0 aliphatic rings. The lowest BCUT2D eigenvalue weighted by Gasteiger charge is -2.22. The molecule has 1 atom stereocenters. The number of nitrogens with one attached hydrogen (secondary N) is 1. The van der Waals surface area contributed by atoms with Gasteiger partial charge in [-0.15, -0.1) is 0 Å². The Morgan fingerprint density at radius 2 is 1.90 bits per heavy atom. The van der Waals surface area contributed by atoms with Gasteiger partial charge in [-0.1, -0.05) is 45.0 Å². The molecule has 0 bridgehead atoms. The fourth-order valence-electron chi connectivity index (χ4n) is 2.30. The number of nitrogens with zero attached hydrogens (tertiary/aromatic N) is 2. The largest absolute Gasteiger partial charge is 0.347 e. The number of likely N-dealkylation sites (N-methyl/N-ethyl adjacent to an activating group) is 1. The summed E-state index contributed by atoms with van der Waals surface area (Å²) in [6.45, 7) is 7.17. The van der Waals surface area contributed by atoms with Crippen molar-refractivity contribution in [3.63, 3.8) is 0 Å². The van der Waals surface area contributed by atoms with E-state index in [2.05, 4.69) is 55.3 Å². The Labute approximate surface area is 125 Å². The van der Waals surface area contributed by atoms with E-state index in [1.165, 1.54) is 17.3 Å². The molecular formula is C17H23N3O. The van der Waals surface area contributed by atoms with Gasteiger partial charge in [-0.2, -0.15) is 0 Å². The zero-order valence-corrected chi connectivity index (χ0v) is 13.1. The maximum atomic E-state index is 11.7. The van der Waals surface area contributed by atoms with Crippen LogP contribution in [0, 0.1) is 0 Å². The van der Waals surface area contributed by atoms with Gasteiger partial charge in [-0.05, 0) is 29.7 Å². The zero-order chi connectivity index (χ0) is 15.5. The number of hydrogen-bond acceptors (Lipinski definition) is 3. The van der Waals surface area contributed by atoms with Crippen molar-refractivity contribution in [2.45, 2.75) is 38.8 Å². The van der Waals surface area contributed by atoms with Gasteiger partial charge in [-0.25, -0.2) is 9.78 Å². The summed E-state index contributed by atoms with van der Waals surface area (Å²) in [6, 6.07) is 10.4. The Balaban J connectivity index is 2.22. The van der Waals surface area contributed by atoms with Gasteiger partial charge in [0.1, 0.15) is 0 Å². The highest BCUT2D eigenvalue weighted by atomic mass is 16.1. The molecule has 4 heteroatoms. The predicted octanol–water partition coefficient (Wildman–Crippen LogP) is 2.50. The van der Waals surface area contributed by atoms with E-state index in [1.807, 2.05) is 7.05 Å². The molecule has 1 heterocycles. The van der Waals surface area contributed by atoms with Gasteiger partial charge in [0.2, 0.25) is 0 Å². The van der Waals surface area contributed by atoms with Crippen LogP contribution in [0.3, 0.4) is 0 Å². The second kappa shape index (κ2) is 6.22. The molecule has 1 unspecified atom stereocenters. The van der Waals surface area contributed by atoms with E-state index >= 15 is 0 Å². The van der Waals surface area contributed by atoms with Crippen LogP contribution >= 0.6 is 0 Å². The minimum atomic E-state index is -0.218. The summed E-state index contributed by atoms with van der Waals surface area (Å²) >= 11 is 0. The molecule has 112 valence electrons. The Morgan fingerprint density at radius 1 is 1.24 bits per heavy atom. The van der Waals surface area contributed by atoms with Crippen LogP contribution in [0.25, 0.3) is 0 Å². The van der Waals surface area contributed by atoms with Crippen molar-refractivity contribution in [2.24, 2.45) is 0 Å². The third-order valence-corrected chi connectivity index (χ3v) is 3.69. The zero-order valence-electron chi connectivity index (χ0n) is 13.1. The Bertz CT molecular complexity index is 638. The van der Waals surface area contributed by atoms with Crippen molar-refractivity contribution in [3.05, 3.63) is 64.3 Å². The Morgan fingerprint density at radius 3 is 2.43 bits per heavy atom. The third kappa shape index (κ3) is 3.79. The fraction of sp³-hybridized carbons (Fsp3) is 0.412. The van der Waals surface area contributed by atoms with Gasteiger partial charge in [0, 0.05) is 18.9 Å². The molecule has 0 aliphatic heterocycles. The summed E-state index contributed by atoms with van der Waals surface area (Å²) in [6.07, 6.45) is 3.29. The lowest BCUT2D eigenvalue weighted by Crippen LogP contribution is -2.29. The van der Waals surface area contributed by atoms with Gasteiger partial charge in [0.25, 0.3) is 0 Å². The summed E-state index contributed by atoms with van der Waals surface area (Å²) in [5.74, 6) is 0. The summed E-state index contributed by atoms with van der Waals surface area (Å²) in [4.78, 5) is 15.5. The quantitative estimate of drug-likeness (QED) is 0.939. The molecule has 0 radical (unpaired) electrons. The normalized spacial score (nSPS) is 13.1. The average molecular weight is 285 g/mol. The van der Waals surface area contributed by atoms with E-state index in [1.54, 1.807) is 16.8 Å². The highest BCUT2D eigenvalue weighted by molar-refractivity contribution is 5.29. The number of hydrogen-bond donors (Lipinski definition) is 1. The van der Waals surface area contributed by atoms with E-state index in [9.17, 15) is 4.79 Å². The van der Waals surface area contributed by atoms with E-state index in [-0.39, 0.29) is 17.1 Å². The Kier molecular flexibility index (Phi) is 4.58. The van der Waals surface area contributed by atoms with Gasteiger partial charge >= 0.3 is 5.69 Å². The monoisotopic (exact) mass is 285 g/mol. The van der Waals surface area contributed by atoms with Crippen LogP contribution in [0.2, 0.25) is 0 Å². The first kappa shape index (κ1) is 15.4. The summed E-state index contributed by atoms with van der Waals surface area (Å²) in [5, 5.41) is 3.26. The second-order valence-corrected chi connectivity index (χ2v) is 6.27. The van der Waals surface area contributed by atoms with Crippen molar-refractivity contribution in [3.8, 4) is 0 Å². The van der Waals surface area contributed by atoms with Crippen LogP contribution in [-0.4, -0.2) is 16.6 Å². The molecule has 2 aromatic rings. The molecule has 0 aliphatic carbocycles. The van der Waals surface area contributed by atoms with Crippen LogP contribution < -0.4 is 11.0 Å². The van der Waals surface area contributed by atoms with Crippen molar-refractivity contribution >= 4 is 0 Å². The van der Waals surface area contributed by atoms with Crippen LogP contribution in [0.5, 0.6) is 0 Å². The SMILES string of the molecule is CNC(Cn1cccnc1=O)c1ccc(C(C)(C)C)cc1. The molecule has 1 aromatic carbocycles. The number of rotatable bonds is 4. The highest BCUT2D eigenvalue weighted by Gasteiger charge is 2.15. The predicted molar refractivity (Wildman–Crippen MR) is 85.4 cm³/mol. The van der Waals surface area contributed by atoms with E-state index in [0.29, 0.717) is 6.54 Å². The van der Waals surface area contributed by atoms with E-state index in [0.717, 1.165) is 0 Å².